The van der Waals surface area contributed by atoms with Gasteiger partial charge in [0.2, 0.25) is 5.79 Å². The summed E-state index contributed by atoms with van der Waals surface area (Å²) in [6, 6.07) is -0.685. The number of carbonyl (C=O) groups excluding carboxylic acids is 1. The molecule has 180 valence electrons. The Morgan fingerprint density at radius 1 is 1.27 bits per heavy atom. The highest BCUT2D eigenvalue weighted by molar-refractivity contribution is 6.01. The first kappa shape index (κ1) is 22.0. The number of rotatable bonds is 3. The molecule has 11 atom stereocenters. The molecule has 3 N–H and O–H groups in total. The van der Waals surface area contributed by atoms with Crippen LogP contribution < -0.4 is 0 Å². The molecular formula is C24H33N3O6. The van der Waals surface area contributed by atoms with Gasteiger partial charge in [-0.05, 0) is 61.8 Å². The lowest BCUT2D eigenvalue weighted by Crippen LogP contribution is -2.93. The molecule has 7 aliphatic rings. The van der Waals surface area contributed by atoms with Gasteiger partial charge in [-0.25, -0.2) is 0 Å². The molecule has 7 rings (SSSR count). The number of aliphatic hydroxyl groups is 3. The van der Waals surface area contributed by atoms with E-state index in [1.54, 1.807) is 0 Å². The molecule has 2 aliphatic heterocycles. The molecule has 2 bridgehead atoms. The number of hydrogen-bond acceptors (Lipinski definition) is 7. The standard InChI is InChI=1S/C24H33N3O6/c1-10-11-6-7-13-22-9-32-24(33-21(4,5)31,23(13)15(11)14(10)18(23)29)19(30)16(22)20(2,3)8-12(17(22)28)26-27-25/h11-17,19,28,30-31H,1,6-9H2,2-5H3/t11-,12?,13-,14?,15-,16+,17+,19-,22-,23+,24-/m0/s1. The zero-order chi connectivity index (χ0) is 23.9. The van der Waals surface area contributed by atoms with Crippen molar-refractivity contribution in [3.8, 4) is 0 Å². The first-order valence-corrected chi connectivity index (χ1v) is 12.0. The molecule has 2 unspecified atom stereocenters. The number of nitrogens with zero attached hydrogens (tertiary/aromatic N) is 3. The Morgan fingerprint density at radius 2 is 1.97 bits per heavy atom. The van der Waals surface area contributed by atoms with Crippen LogP contribution in [0.4, 0.5) is 0 Å². The Kier molecular flexibility index (Phi) is 4.01. The Bertz CT molecular complexity index is 1020. The number of Topliss-reactive ketones (excluding diaryl/α,β-unsaturated/α-hetero) is 1. The number of ketones is 1. The fourth-order valence-corrected chi connectivity index (χ4v) is 9.81. The molecule has 0 aromatic carbocycles. The highest BCUT2D eigenvalue weighted by Crippen LogP contribution is 2.84. The van der Waals surface area contributed by atoms with Gasteiger partial charge in [0.15, 0.2) is 11.6 Å². The van der Waals surface area contributed by atoms with Crippen LogP contribution in [0.1, 0.15) is 47.0 Å². The molecule has 9 nitrogen and oxygen atoms in total. The van der Waals surface area contributed by atoms with E-state index in [1.807, 2.05) is 13.8 Å². The van der Waals surface area contributed by atoms with E-state index in [4.69, 9.17) is 9.47 Å². The fourth-order valence-electron chi connectivity index (χ4n) is 9.81. The summed E-state index contributed by atoms with van der Waals surface area (Å²) in [4.78, 5) is 17.0. The van der Waals surface area contributed by atoms with Gasteiger partial charge in [-0.1, -0.05) is 31.1 Å². The van der Waals surface area contributed by atoms with Gasteiger partial charge in [0.1, 0.15) is 6.10 Å². The van der Waals surface area contributed by atoms with E-state index < -0.39 is 52.0 Å². The van der Waals surface area contributed by atoms with E-state index in [9.17, 15) is 25.6 Å². The summed E-state index contributed by atoms with van der Waals surface area (Å²) in [6.45, 7) is 11.2. The summed E-state index contributed by atoms with van der Waals surface area (Å²) in [5, 5.41) is 38.5. The van der Waals surface area contributed by atoms with Crippen molar-refractivity contribution in [1.29, 1.82) is 0 Å². The second kappa shape index (κ2) is 6.01. The van der Waals surface area contributed by atoms with Crippen LogP contribution in [-0.2, 0) is 14.3 Å². The lowest BCUT2D eigenvalue weighted by molar-refractivity contribution is -0.509. The number of allylic oxidation sites excluding steroid dienone is 1. The van der Waals surface area contributed by atoms with Gasteiger partial charge in [0.05, 0.1) is 24.2 Å². The summed E-state index contributed by atoms with van der Waals surface area (Å²) >= 11 is 0. The van der Waals surface area contributed by atoms with Crippen LogP contribution in [0.5, 0.6) is 0 Å². The SMILES string of the molecule is C=C1C2C(=O)[C@]34[C@H]2[C@H]1CC[C@H]3[C@@]12CO[C@]4(OC(C)(C)O)[C@@H](O)[C@@H]1C(C)(C)CC(N=[N+]=[N-])[C@H]2O. The van der Waals surface area contributed by atoms with Gasteiger partial charge < -0.3 is 24.8 Å². The molecule has 2 saturated heterocycles. The topological polar surface area (TPSA) is 145 Å². The van der Waals surface area contributed by atoms with Crippen LogP contribution in [-0.4, -0.2) is 57.5 Å². The third kappa shape index (κ3) is 2.07. The molecule has 0 aromatic heterocycles. The van der Waals surface area contributed by atoms with E-state index in [0.29, 0.717) is 12.8 Å². The van der Waals surface area contributed by atoms with E-state index >= 15 is 0 Å². The minimum absolute atomic E-state index is 0.0600. The highest BCUT2D eigenvalue weighted by atomic mass is 16.8. The molecular weight excluding hydrogens is 426 g/mol. The molecule has 5 aliphatic carbocycles. The maximum absolute atomic E-state index is 14.0. The van der Waals surface area contributed by atoms with Crippen LogP contribution in [0.3, 0.4) is 0 Å². The van der Waals surface area contributed by atoms with Gasteiger partial charge in [0, 0.05) is 22.2 Å². The average molecular weight is 460 g/mol. The van der Waals surface area contributed by atoms with Crippen LogP contribution in [0, 0.1) is 45.8 Å². The first-order chi connectivity index (χ1) is 15.3. The lowest BCUT2D eigenvalue weighted by atomic mass is 9.23. The van der Waals surface area contributed by atoms with Crippen LogP contribution in [0.25, 0.3) is 10.4 Å². The van der Waals surface area contributed by atoms with E-state index in [0.717, 1.165) is 12.0 Å². The molecule has 9 heteroatoms. The number of ether oxygens (including phenoxy) is 2. The molecule has 0 amide bonds. The second-order valence-corrected chi connectivity index (χ2v) is 12.5. The number of fused-ring (bicyclic) bond motifs is 1. The fraction of sp³-hybridized carbons (Fsp3) is 0.875. The van der Waals surface area contributed by atoms with E-state index in [-0.39, 0.29) is 36.1 Å². The average Bonchev–Trinajstić information content (AvgIpc) is 2.69. The van der Waals surface area contributed by atoms with Crippen molar-refractivity contribution in [3.63, 3.8) is 0 Å². The van der Waals surface area contributed by atoms with Crippen LogP contribution in [0.2, 0.25) is 0 Å². The van der Waals surface area contributed by atoms with E-state index in [2.05, 4.69) is 16.6 Å². The van der Waals surface area contributed by atoms with Gasteiger partial charge in [-0.15, -0.1) is 0 Å². The Labute approximate surface area is 192 Å². The van der Waals surface area contributed by atoms with E-state index in [1.165, 1.54) is 13.8 Å². The summed E-state index contributed by atoms with van der Waals surface area (Å²) < 4.78 is 12.6. The Hall–Kier alpha value is -1.48. The third-order valence-electron chi connectivity index (χ3n) is 10.3. The molecule has 2 heterocycles. The summed E-state index contributed by atoms with van der Waals surface area (Å²) in [6.07, 6.45) is -0.418. The highest BCUT2D eigenvalue weighted by Gasteiger charge is 2.92. The Balaban J connectivity index is 1.61. The molecule has 7 fully saturated rings. The van der Waals surface area contributed by atoms with Gasteiger partial charge in [-0.2, -0.15) is 0 Å². The van der Waals surface area contributed by atoms with Gasteiger partial charge >= 0.3 is 0 Å². The smallest absolute Gasteiger partial charge is 0.211 e. The van der Waals surface area contributed by atoms with Crippen molar-refractivity contribution in [3.05, 3.63) is 22.6 Å². The predicted molar refractivity (Wildman–Crippen MR) is 115 cm³/mol. The number of aliphatic hydroxyl groups excluding tert-OH is 2. The minimum Gasteiger partial charge on any atom is -0.392 e. The largest absolute Gasteiger partial charge is 0.392 e. The maximum Gasteiger partial charge on any atom is 0.211 e. The number of carbonyl (C=O) groups is 1. The zero-order valence-electron chi connectivity index (χ0n) is 19.6. The van der Waals surface area contributed by atoms with Crippen molar-refractivity contribution < 1.29 is 29.6 Å². The minimum atomic E-state index is -1.71. The van der Waals surface area contributed by atoms with Crippen molar-refractivity contribution in [2.45, 2.75) is 76.8 Å². The van der Waals surface area contributed by atoms with Crippen molar-refractivity contribution in [1.82, 2.24) is 0 Å². The quantitative estimate of drug-likeness (QED) is 0.194. The summed E-state index contributed by atoms with van der Waals surface area (Å²) in [7, 11) is 0. The molecule has 0 radical (unpaired) electrons. The van der Waals surface area contributed by atoms with Crippen molar-refractivity contribution in [2.75, 3.05) is 6.61 Å². The molecule has 5 saturated carbocycles. The zero-order valence-corrected chi connectivity index (χ0v) is 19.6. The monoisotopic (exact) mass is 459 g/mol. The van der Waals surface area contributed by atoms with Crippen LogP contribution in [0.15, 0.2) is 17.3 Å². The van der Waals surface area contributed by atoms with Crippen molar-refractivity contribution >= 4 is 5.78 Å². The first-order valence-electron chi connectivity index (χ1n) is 12.0. The summed E-state index contributed by atoms with van der Waals surface area (Å²) in [5.41, 5.74) is 7.45. The maximum atomic E-state index is 14.0. The molecule has 33 heavy (non-hydrogen) atoms. The molecule has 0 aromatic rings. The predicted octanol–water partition coefficient (Wildman–Crippen LogP) is 2.30. The normalized spacial score (nSPS) is 55.4. The Morgan fingerprint density at radius 3 is 2.61 bits per heavy atom. The van der Waals surface area contributed by atoms with Gasteiger partial charge in [-0.3, -0.25) is 4.79 Å². The third-order valence-corrected chi connectivity index (χ3v) is 10.3. The van der Waals surface area contributed by atoms with Crippen LogP contribution >= 0.6 is 0 Å². The van der Waals surface area contributed by atoms with Crippen molar-refractivity contribution in [2.24, 2.45) is 50.9 Å². The number of azide groups is 1. The molecule has 2 spiro atoms. The lowest BCUT2D eigenvalue weighted by Gasteiger charge is -2.84. The second-order valence-electron chi connectivity index (χ2n) is 12.5. The number of hydrogen-bond donors (Lipinski definition) is 3. The van der Waals surface area contributed by atoms with Gasteiger partial charge in [0.25, 0.3) is 0 Å². The summed E-state index contributed by atoms with van der Waals surface area (Å²) in [5.74, 6) is -4.45.